The predicted molar refractivity (Wildman–Crippen MR) is 72.0 cm³/mol. The third-order valence-corrected chi connectivity index (χ3v) is 3.33. The van der Waals surface area contributed by atoms with Crippen molar-refractivity contribution in [3.05, 3.63) is 24.0 Å². The molecule has 0 spiro atoms. The Hall–Kier alpha value is -0.800. The number of rotatable bonds is 7. The fourth-order valence-corrected chi connectivity index (χ4v) is 1.80. The lowest BCUT2D eigenvalue weighted by Crippen LogP contribution is -2.24. The maximum atomic E-state index is 6.09. The molecule has 17 heavy (non-hydrogen) atoms. The summed E-state index contributed by atoms with van der Waals surface area (Å²) in [5.41, 5.74) is 7.27. The Morgan fingerprint density at radius 1 is 1.47 bits per heavy atom. The van der Waals surface area contributed by atoms with Gasteiger partial charge >= 0.3 is 0 Å². The number of nitrogens with two attached hydrogens (primary N) is 1. The van der Waals surface area contributed by atoms with Crippen LogP contribution in [-0.4, -0.2) is 17.3 Å². The first-order valence-corrected chi connectivity index (χ1v) is 6.45. The summed E-state index contributed by atoms with van der Waals surface area (Å²) in [6, 6.07) is 2.30. The number of aryl methyl sites for hydroxylation is 1. The molecule has 0 fully saturated rings. The fraction of sp³-hybridized carbons (Fsp3) is 0.714. The van der Waals surface area contributed by atoms with Crippen molar-refractivity contribution in [1.82, 2.24) is 4.57 Å². The van der Waals surface area contributed by atoms with Crippen LogP contribution in [0.2, 0.25) is 0 Å². The average molecular weight is 238 g/mol. The van der Waals surface area contributed by atoms with Gasteiger partial charge in [-0.25, -0.2) is 0 Å². The van der Waals surface area contributed by atoms with Crippen LogP contribution in [0.3, 0.4) is 0 Å². The van der Waals surface area contributed by atoms with Gasteiger partial charge in [-0.05, 0) is 38.3 Å². The highest BCUT2D eigenvalue weighted by molar-refractivity contribution is 5.14. The van der Waals surface area contributed by atoms with Gasteiger partial charge in [0.15, 0.2) is 0 Å². The van der Waals surface area contributed by atoms with Gasteiger partial charge in [0.1, 0.15) is 0 Å². The number of aromatic nitrogens is 1. The summed E-state index contributed by atoms with van der Waals surface area (Å²) in [6.07, 6.45) is 7.44. The van der Waals surface area contributed by atoms with Crippen molar-refractivity contribution in [2.45, 2.75) is 58.2 Å². The quantitative estimate of drug-likeness (QED) is 0.793. The van der Waals surface area contributed by atoms with E-state index in [0.29, 0.717) is 0 Å². The molecule has 1 aromatic heterocycles. The molecule has 3 nitrogen and oxygen atoms in total. The van der Waals surface area contributed by atoms with Crippen molar-refractivity contribution in [3.8, 4) is 0 Å². The van der Waals surface area contributed by atoms with Crippen molar-refractivity contribution in [3.63, 3.8) is 0 Å². The van der Waals surface area contributed by atoms with Crippen LogP contribution in [0.25, 0.3) is 0 Å². The first-order chi connectivity index (χ1) is 7.98. The first-order valence-electron chi connectivity index (χ1n) is 6.45. The van der Waals surface area contributed by atoms with E-state index in [-0.39, 0.29) is 11.6 Å². The Morgan fingerprint density at radius 3 is 2.76 bits per heavy atom. The molecule has 2 N–H and O–H groups in total. The molecule has 0 aromatic carbocycles. The van der Waals surface area contributed by atoms with E-state index in [9.17, 15) is 0 Å². The van der Waals surface area contributed by atoms with E-state index < -0.39 is 0 Å². The molecule has 1 atom stereocenters. The molecule has 1 heterocycles. The van der Waals surface area contributed by atoms with E-state index in [1.807, 2.05) is 0 Å². The zero-order valence-electron chi connectivity index (χ0n) is 11.6. The third-order valence-electron chi connectivity index (χ3n) is 3.33. The van der Waals surface area contributed by atoms with Crippen LogP contribution >= 0.6 is 0 Å². The smallest absolute Gasteiger partial charge is 0.0639 e. The number of hydrogen-bond acceptors (Lipinski definition) is 2. The van der Waals surface area contributed by atoms with Crippen molar-refractivity contribution in [1.29, 1.82) is 0 Å². The summed E-state index contributed by atoms with van der Waals surface area (Å²) >= 11 is 0. The lowest BCUT2D eigenvalue weighted by Gasteiger charge is -2.22. The van der Waals surface area contributed by atoms with Crippen LogP contribution in [0, 0.1) is 0 Å². The molecule has 0 bridgehead atoms. The lowest BCUT2D eigenvalue weighted by atomic mass is 10.1. The largest absolute Gasteiger partial charge is 0.379 e. The Kier molecular flexibility index (Phi) is 5.22. The van der Waals surface area contributed by atoms with E-state index in [2.05, 4.69) is 43.8 Å². The number of hydrogen-bond donors (Lipinski definition) is 1. The summed E-state index contributed by atoms with van der Waals surface area (Å²) in [7, 11) is 1.76. The average Bonchev–Trinajstić information content (AvgIpc) is 2.76. The van der Waals surface area contributed by atoms with E-state index in [0.717, 1.165) is 25.8 Å². The Balaban J connectivity index is 2.51. The highest BCUT2D eigenvalue weighted by Gasteiger charge is 2.16. The van der Waals surface area contributed by atoms with Gasteiger partial charge in [0.25, 0.3) is 0 Å². The molecular weight excluding hydrogens is 212 g/mol. The van der Waals surface area contributed by atoms with Gasteiger partial charge in [-0.3, -0.25) is 0 Å². The molecule has 0 amide bonds. The molecule has 0 aliphatic rings. The van der Waals surface area contributed by atoms with Gasteiger partial charge in [-0.15, -0.1) is 0 Å². The summed E-state index contributed by atoms with van der Waals surface area (Å²) in [5.74, 6) is 0. The second-order valence-corrected chi connectivity index (χ2v) is 5.29. The van der Waals surface area contributed by atoms with Gasteiger partial charge in [-0.2, -0.15) is 0 Å². The fourth-order valence-electron chi connectivity index (χ4n) is 1.80. The van der Waals surface area contributed by atoms with Crippen LogP contribution in [0.1, 0.15) is 51.6 Å². The summed E-state index contributed by atoms with van der Waals surface area (Å²) < 4.78 is 7.61. The van der Waals surface area contributed by atoms with Crippen molar-refractivity contribution >= 4 is 0 Å². The van der Waals surface area contributed by atoms with Crippen LogP contribution < -0.4 is 5.73 Å². The van der Waals surface area contributed by atoms with Gasteiger partial charge in [0.2, 0.25) is 0 Å². The van der Waals surface area contributed by atoms with Crippen LogP contribution in [-0.2, 0) is 11.3 Å². The normalized spacial score (nSPS) is 13.9. The van der Waals surface area contributed by atoms with Crippen molar-refractivity contribution in [2.75, 3.05) is 7.11 Å². The van der Waals surface area contributed by atoms with Crippen molar-refractivity contribution < 1.29 is 4.74 Å². The number of methoxy groups -OCH3 is 1. The molecule has 0 saturated carbocycles. The van der Waals surface area contributed by atoms with Gasteiger partial charge < -0.3 is 15.0 Å². The summed E-state index contributed by atoms with van der Waals surface area (Å²) in [6.45, 7) is 7.36. The maximum absolute atomic E-state index is 6.09. The van der Waals surface area contributed by atoms with Gasteiger partial charge in [-0.1, -0.05) is 13.3 Å². The standard InChI is InChI=1S/C14H26N2O/c1-5-6-13(15)12-7-9-16(11-12)10-8-14(2,3)17-4/h7,9,11,13H,5-6,8,10,15H2,1-4H3. The second-order valence-electron chi connectivity index (χ2n) is 5.29. The lowest BCUT2D eigenvalue weighted by molar-refractivity contribution is 0.0120. The first kappa shape index (κ1) is 14.3. The maximum Gasteiger partial charge on any atom is 0.0639 e. The highest BCUT2D eigenvalue weighted by Crippen LogP contribution is 2.18. The predicted octanol–water partition coefficient (Wildman–Crippen LogP) is 3.10. The molecule has 1 unspecified atom stereocenters. The minimum atomic E-state index is -0.0596. The SMILES string of the molecule is CCCC(N)c1ccn(CCC(C)(C)OC)c1. The molecule has 0 aliphatic heterocycles. The summed E-state index contributed by atoms with van der Waals surface area (Å²) in [4.78, 5) is 0. The zero-order chi connectivity index (χ0) is 12.9. The van der Waals surface area contributed by atoms with E-state index in [1.54, 1.807) is 7.11 Å². The Bertz CT molecular complexity index is 331. The van der Waals surface area contributed by atoms with E-state index in [4.69, 9.17) is 10.5 Å². The third kappa shape index (κ3) is 4.52. The Morgan fingerprint density at radius 2 is 2.18 bits per heavy atom. The monoisotopic (exact) mass is 238 g/mol. The zero-order valence-corrected chi connectivity index (χ0v) is 11.6. The molecule has 0 radical (unpaired) electrons. The number of ether oxygens (including phenoxy) is 1. The van der Waals surface area contributed by atoms with E-state index >= 15 is 0 Å². The Labute approximate surface area is 105 Å². The molecule has 1 aromatic rings. The molecule has 1 rings (SSSR count). The second kappa shape index (κ2) is 6.22. The summed E-state index contributed by atoms with van der Waals surface area (Å²) in [5, 5.41) is 0. The van der Waals surface area contributed by atoms with Crippen LogP contribution in [0.4, 0.5) is 0 Å². The molecule has 0 saturated heterocycles. The van der Waals surface area contributed by atoms with Crippen molar-refractivity contribution in [2.24, 2.45) is 5.73 Å². The van der Waals surface area contributed by atoms with E-state index in [1.165, 1.54) is 5.56 Å². The van der Waals surface area contributed by atoms with Crippen LogP contribution in [0.5, 0.6) is 0 Å². The minimum Gasteiger partial charge on any atom is -0.379 e. The molecule has 3 heteroatoms. The molecule has 0 aliphatic carbocycles. The highest BCUT2D eigenvalue weighted by atomic mass is 16.5. The van der Waals surface area contributed by atoms with Crippen LogP contribution in [0.15, 0.2) is 18.5 Å². The number of nitrogens with zero attached hydrogens (tertiary/aromatic N) is 1. The minimum absolute atomic E-state index is 0.0596. The molecule has 98 valence electrons. The van der Waals surface area contributed by atoms with Gasteiger partial charge in [0, 0.05) is 32.1 Å². The topological polar surface area (TPSA) is 40.2 Å². The molecular formula is C14H26N2O. The van der Waals surface area contributed by atoms with Gasteiger partial charge in [0.05, 0.1) is 5.60 Å².